The van der Waals surface area contributed by atoms with E-state index in [0.29, 0.717) is 83.5 Å². The fraction of sp³-hybridized carbons (Fsp3) is 0.500. The second-order valence-electron chi connectivity index (χ2n) is 20.2. The van der Waals surface area contributed by atoms with E-state index in [9.17, 15) is 24.3 Å². The summed E-state index contributed by atoms with van der Waals surface area (Å²) in [7, 11) is 1.62. The number of hydrogen-bond acceptors (Lipinski definition) is 15. The van der Waals surface area contributed by atoms with E-state index >= 15 is 8.78 Å². The highest BCUT2D eigenvalue weighted by molar-refractivity contribution is 6.01. The van der Waals surface area contributed by atoms with Gasteiger partial charge in [-0.25, -0.2) is 18.4 Å². The molecule has 4 aliphatic rings. The molecule has 4 atom stereocenters. The second kappa shape index (κ2) is 21.8. The van der Waals surface area contributed by atoms with Crippen LogP contribution in [0.5, 0.6) is 11.8 Å². The van der Waals surface area contributed by atoms with Crippen LogP contribution in [0.15, 0.2) is 59.5 Å². The van der Waals surface area contributed by atoms with Gasteiger partial charge in [0.25, 0.3) is 0 Å². The zero-order chi connectivity index (χ0) is 52.4. The van der Waals surface area contributed by atoms with Crippen LogP contribution < -0.4 is 30.7 Å². The molecule has 0 spiro atoms. The number of benzene rings is 3. The Hall–Kier alpha value is -6.81. The lowest BCUT2D eigenvalue weighted by Crippen LogP contribution is -2.48. The number of rotatable bonds is 19. The van der Waals surface area contributed by atoms with Crippen molar-refractivity contribution < 1.29 is 52.0 Å². The van der Waals surface area contributed by atoms with Crippen molar-refractivity contribution in [2.45, 2.75) is 94.9 Å². The molecule has 75 heavy (non-hydrogen) atoms. The fourth-order valence-corrected chi connectivity index (χ4v) is 11.5. The van der Waals surface area contributed by atoms with Gasteiger partial charge in [-0.3, -0.25) is 33.9 Å². The number of piperidine rings is 2. The van der Waals surface area contributed by atoms with E-state index in [1.54, 1.807) is 56.6 Å². The third-order valence-electron chi connectivity index (χ3n) is 15.2. The summed E-state index contributed by atoms with van der Waals surface area (Å²) in [6.45, 7) is 7.36. The summed E-state index contributed by atoms with van der Waals surface area (Å²) in [5, 5.41) is 17.9. The summed E-state index contributed by atoms with van der Waals surface area (Å²) in [5.74, 6) is -0.931. The van der Waals surface area contributed by atoms with E-state index in [1.165, 1.54) is 15.2 Å². The first-order chi connectivity index (χ1) is 36.2. The summed E-state index contributed by atoms with van der Waals surface area (Å²) in [5.41, 5.74) is 0.463. The summed E-state index contributed by atoms with van der Waals surface area (Å²) in [6.07, 6.45) is 6.50. The molecule has 398 valence electrons. The van der Waals surface area contributed by atoms with Gasteiger partial charge in [0.1, 0.15) is 54.5 Å². The van der Waals surface area contributed by atoms with Crippen molar-refractivity contribution in [2.24, 2.45) is 7.05 Å². The maximum Gasteiger partial charge on any atom is 0.407 e. The van der Waals surface area contributed by atoms with Gasteiger partial charge in [0.05, 0.1) is 54.0 Å². The lowest BCUT2D eigenvalue weighted by molar-refractivity contribution is -0.135. The number of carbonyl (C=O) groups excluding carboxylic acids is 3. The predicted octanol–water partition coefficient (Wildman–Crippen LogP) is 5.88. The summed E-state index contributed by atoms with van der Waals surface area (Å²) >= 11 is 0. The Balaban J connectivity index is 0.693. The number of hydrogen-bond donors (Lipinski definition) is 3. The smallest absolute Gasteiger partial charge is 0.407 e. The number of nitrogens with zero attached hydrogens (tertiary/aromatic N) is 7. The van der Waals surface area contributed by atoms with Gasteiger partial charge >= 0.3 is 17.8 Å². The molecule has 4 aliphatic heterocycles. The molecule has 4 fully saturated rings. The third kappa shape index (κ3) is 10.6. The molecule has 4 saturated heterocycles. The zero-order valence-corrected chi connectivity index (χ0v) is 42.5. The topological polar surface area (TPSA) is 214 Å². The number of aromatic nitrogens is 5. The van der Waals surface area contributed by atoms with Crippen LogP contribution in [0.25, 0.3) is 44.0 Å². The van der Waals surface area contributed by atoms with Gasteiger partial charge in [-0.2, -0.15) is 9.97 Å². The van der Waals surface area contributed by atoms with Crippen LogP contribution in [0.1, 0.15) is 76.8 Å². The van der Waals surface area contributed by atoms with Crippen LogP contribution in [0, 0.1) is 11.6 Å². The maximum absolute atomic E-state index is 17.1. The number of imide groups is 1. The van der Waals surface area contributed by atoms with Gasteiger partial charge < -0.3 is 39.0 Å². The number of ether oxygens (including phenoxy) is 5. The van der Waals surface area contributed by atoms with Crippen molar-refractivity contribution in [3.8, 4) is 23.0 Å². The van der Waals surface area contributed by atoms with Gasteiger partial charge in [-0.15, -0.1) is 0 Å². The molecular formula is C54H63F2N9O10. The van der Waals surface area contributed by atoms with Gasteiger partial charge in [0, 0.05) is 57.0 Å². The van der Waals surface area contributed by atoms with Gasteiger partial charge in [0.2, 0.25) is 11.8 Å². The van der Waals surface area contributed by atoms with E-state index in [0.717, 1.165) is 37.6 Å². The van der Waals surface area contributed by atoms with Crippen LogP contribution >= 0.6 is 0 Å². The minimum atomic E-state index is -0.985. The molecule has 19 nitrogen and oxygen atoms in total. The molecule has 0 saturated carbocycles. The number of pyridine rings is 1. The van der Waals surface area contributed by atoms with Crippen LogP contribution in [0.4, 0.5) is 19.4 Å². The lowest BCUT2D eigenvalue weighted by Gasteiger charge is -2.38. The monoisotopic (exact) mass is 1040 g/mol. The van der Waals surface area contributed by atoms with Crippen molar-refractivity contribution in [3.05, 3.63) is 82.4 Å². The Labute approximate surface area is 431 Å². The SMILES string of the molecule is CCc1c(F)ccc2cccc(-c3ncc4c(N5CCC[C@@](C)(O)C5)nc(OC[C@@]56CCCN5[C@H](COC(=O)NCCOCCOCCOc5ccc7c(c5)n(C)c(=O)n7C5CCC(=O)NC5=O)CC6)nc4c3F)c12. The number of imidazole rings is 1. The van der Waals surface area contributed by atoms with Gasteiger partial charge in [-0.1, -0.05) is 31.2 Å². The molecule has 0 radical (unpaired) electrons. The summed E-state index contributed by atoms with van der Waals surface area (Å²) in [4.78, 5) is 68.4. The third-order valence-corrected chi connectivity index (χ3v) is 15.2. The molecule has 21 heteroatoms. The molecule has 3 N–H and O–H groups in total. The molecule has 6 aromatic rings. The van der Waals surface area contributed by atoms with Crippen LogP contribution in [-0.2, 0) is 37.3 Å². The highest BCUT2D eigenvalue weighted by Gasteiger charge is 2.50. The van der Waals surface area contributed by atoms with Crippen molar-refractivity contribution >= 4 is 56.4 Å². The predicted molar refractivity (Wildman–Crippen MR) is 274 cm³/mol. The van der Waals surface area contributed by atoms with Crippen LogP contribution in [-0.4, -0.2) is 142 Å². The molecule has 3 amide bonds. The minimum Gasteiger partial charge on any atom is -0.491 e. The number of nitrogens with one attached hydrogen (secondary N) is 2. The first-order valence-corrected chi connectivity index (χ1v) is 25.9. The molecule has 0 bridgehead atoms. The first-order valence-electron chi connectivity index (χ1n) is 25.9. The van der Waals surface area contributed by atoms with Crippen molar-refractivity contribution in [1.29, 1.82) is 0 Å². The number of fused-ring (bicyclic) bond motifs is 4. The average Bonchev–Trinajstić information content (AvgIpc) is 4.05. The van der Waals surface area contributed by atoms with E-state index in [4.69, 9.17) is 33.7 Å². The normalized spacial score (nSPS) is 22.0. The Morgan fingerprint density at radius 1 is 0.933 bits per heavy atom. The number of alkyl carbamates (subject to hydrolysis) is 1. The quantitative estimate of drug-likeness (QED) is 0.0638. The van der Waals surface area contributed by atoms with E-state index in [2.05, 4.69) is 20.5 Å². The van der Waals surface area contributed by atoms with E-state index < -0.39 is 29.5 Å². The highest BCUT2D eigenvalue weighted by atomic mass is 19.1. The minimum absolute atomic E-state index is 0.00326. The Kier molecular flexibility index (Phi) is 15.0. The fourth-order valence-electron chi connectivity index (χ4n) is 11.5. The van der Waals surface area contributed by atoms with Crippen molar-refractivity contribution in [3.63, 3.8) is 0 Å². The van der Waals surface area contributed by atoms with Gasteiger partial charge in [-0.05, 0) is 99.4 Å². The molecule has 3 aromatic heterocycles. The van der Waals surface area contributed by atoms with Crippen molar-refractivity contribution in [1.82, 2.24) is 39.6 Å². The number of aliphatic hydroxyl groups is 1. The molecule has 10 rings (SSSR count). The Morgan fingerprint density at radius 2 is 1.75 bits per heavy atom. The number of anilines is 1. The standard InChI is InChI=1S/C54H63F2N9O10/c1-4-36-39(55)12-10-33-8-5-9-37(44(33)36)46-45(56)47-38(29-58-46)48(63-21-6-17-53(2,70)31-63)61-50(60-47)75-32-54-18-7-22-64(54)34(16-19-54)30-74-51(68)57-20-23-71-24-25-72-26-27-73-35-11-13-40-42(28-35)62(3)52(69)65(40)41-14-15-43(66)59-49(41)67/h5,8-13,28-29,34,41,70H,4,6-7,14-27,30-32H2,1-3H3,(H,57,68)(H,59,66,67)/t34-,41?,53+,54-/m0/s1. The first kappa shape index (κ1) is 51.7. The number of aryl methyl sites for hydroxylation is 2. The zero-order valence-electron chi connectivity index (χ0n) is 42.5. The van der Waals surface area contributed by atoms with E-state index in [1.807, 2.05) is 17.9 Å². The highest BCUT2D eigenvalue weighted by Crippen LogP contribution is 2.44. The molecule has 3 aromatic carbocycles. The Bertz CT molecular complexity index is 3200. The van der Waals surface area contributed by atoms with E-state index in [-0.39, 0.29) is 105 Å². The molecule has 0 aliphatic carbocycles. The number of carbonyl (C=O) groups is 3. The number of amides is 3. The lowest BCUT2D eigenvalue weighted by atomic mass is 9.94. The molecule has 7 heterocycles. The van der Waals surface area contributed by atoms with Crippen molar-refractivity contribution in [2.75, 3.05) is 77.3 Å². The number of β-amino-alcohol motifs (C(OH)–C–C–N with tert-alkyl or cyclic N) is 1. The second-order valence-corrected chi connectivity index (χ2v) is 20.2. The van der Waals surface area contributed by atoms with Crippen LogP contribution in [0.3, 0.4) is 0 Å². The largest absolute Gasteiger partial charge is 0.491 e. The summed E-state index contributed by atoms with van der Waals surface area (Å²) in [6, 6.07) is 12.9. The number of halogens is 2. The van der Waals surface area contributed by atoms with Gasteiger partial charge in [0.15, 0.2) is 5.82 Å². The van der Waals surface area contributed by atoms with Crippen LogP contribution in [0.2, 0.25) is 0 Å². The molecule has 1 unspecified atom stereocenters. The maximum atomic E-state index is 17.1. The molecular weight excluding hydrogens is 973 g/mol. The Morgan fingerprint density at radius 3 is 2.56 bits per heavy atom. The average molecular weight is 1040 g/mol. The summed E-state index contributed by atoms with van der Waals surface area (Å²) < 4.78 is 64.4.